The predicted molar refractivity (Wildman–Crippen MR) is 51.0 cm³/mol. The molecule has 1 aliphatic carbocycles. The third-order valence-corrected chi connectivity index (χ3v) is 2.16. The van der Waals surface area contributed by atoms with E-state index >= 15 is 0 Å². The minimum Gasteiger partial charge on any atom is -0.233 e. The summed E-state index contributed by atoms with van der Waals surface area (Å²) in [6.45, 7) is 0.846. The van der Waals surface area contributed by atoms with E-state index in [0.29, 0.717) is 0 Å². The Morgan fingerprint density at radius 1 is 1.64 bits per heavy atom. The van der Waals surface area contributed by atoms with E-state index in [9.17, 15) is 0 Å². The smallest absolute Gasteiger partial charge is 0.0584 e. The maximum absolute atomic E-state index is 4.48. The first-order chi connectivity index (χ1) is 5.43. The van der Waals surface area contributed by atoms with Crippen molar-refractivity contribution in [2.45, 2.75) is 25.7 Å². The monoisotopic (exact) mass is 167 g/mol. The lowest BCUT2D eigenvalue weighted by Crippen LogP contribution is -2.01. The van der Waals surface area contributed by atoms with Gasteiger partial charge in [-0.2, -0.15) is 0 Å². The Bertz CT molecular complexity index is 180. The summed E-state index contributed by atoms with van der Waals surface area (Å²) in [6, 6.07) is 0. The second-order valence-electron chi connectivity index (χ2n) is 2.88. The molecule has 0 aromatic rings. The molecule has 0 bridgehead atoms. The first-order valence-corrected chi connectivity index (χ1v) is 4.54. The number of rotatable bonds is 3. The normalized spacial score (nSPS) is 22.7. The molecule has 0 spiro atoms. The van der Waals surface area contributed by atoms with Crippen LogP contribution in [0.1, 0.15) is 25.7 Å². The Labute approximate surface area is 73.2 Å². The average molecular weight is 167 g/mol. The molecule has 0 aromatic heterocycles. The average Bonchev–Trinajstić information content (AvgIpc) is 2.07. The molecule has 2 heteroatoms. The predicted octanol–water partition coefficient (Wildman–Crippen LogP) is 2.84. The second kappa shape index (κ2) is 5.22. The number of hydrogen-bond donors (Lipinski definition) is 0. The molecule has 0 N–H and O–H groups in total. The number of allylic oxidation sites excluding steroid dienone is 2. The molecule has 1 unspecified atom stereocenters. The van der Waals surface area contributed by atoms with E-state index in [0.717, 1.165) is 18.9 Å². The van der Waals surface area contributed by atoms with Crippen molar-refractivity contribution in [1.29, 1.82) is 0 Å². The van der Waals surface area contributed by atoms with Crippen LogP contribution in [0.2, 0.25) is 0 Å². The minimum absolute atomic E-state index is 0.746. The van der Waals surface area contributed by atoms with Crippen molar-refractivity contribution in [1.82, 2.24) is 0 Å². The van der Waals surface area contributed by atoms with Crippen LogP contribution in [0.5, 0.6) is 0 Å². The van der Waals surface area contributed by atoms with Gasteiger partial charge >= 0.3 is 0 Å². The quantitative estimate of drug-likeness (QED) is 0.358. The van der Waals surface area contributed by atoms with Gasteiger partial charge in [-0.05, 0) is 43.8 Å². The molecule has 1 atom stereocenters. The third-order valence-electron chi connectivity index (χ3n) is 2.03. The van der Waals surface area contributed by atoms with Gasteiger partial charge in [-0.25, -0.2) is 4.99 Å². The molecule has 0 aromatic carbocycles. The highest BCUT2D eigenvalue weighted by Crippen LogP contribution is 2.19. The summed E-state index contributed by atoms with van der Waals surface area (Å²) < 4.78 is 0. The zero-order chi connectivity index (χ0) is 7.94. The van der Waals surface area contributed by atoms with Gasteiger partial charge in [-0.15, -0.1) is 0 Å². The first-order valence-electron chi connectivity index (χ1n) is 4.14. The maximum Gasteiger partial charge on any atom is 0.0584 e. The highest BCUT2D eigenvalue weighted by molar-refractivity contribution is 7.78. The van der Waals surface area contributed by atoms with E-state index in [4.69, 9.17) is 0 Å². The summed E-state index contributed by atoms with van der Waals surface area (Å²) in [5.41, 5.74) is 0. The summed E-state index contributed by atoms with van der Waals surface area (Å²) in [4.78, 5) is 3.90. The Hall–Kier alpha value is -0.460. The van der Waals surface area contributed by atoms with Crippen molar-refractivity contribution in [3.8, 4) is 0 Å². The van der Waals surface area contributed by atoms with E-state index in [-0.39, 0.29) is 0 Å². The molecule has 0 aliphatic heterocycles. The molecular weight excluding hydrogens is 154 g/mol. The van der Waals surface area contributed by atoms with Gasteiger partial charge in [0.25, 0.3) is 0 Å². The van der Waals surface area contributed by atoms with Crippen LogP contribution in [0.15, 0.2) is 17.1 Å². The molecule has 0 radical (unpaired) electrons. The van der Waals surface area contributed by atoms with Crippen molar-refractivity contribution < 1.29 is 0 Å². The summed E-state index contributed by atoms with van der Waals surface area (Å²) in [5, 5.41) is 2.39. The summed E-state index contributed by atoms with van der Waals surface area (Å²) in [5.74, 6) is 0.746. The van der Waals surface area contributed by atoms with E-state index in [1.807, 2.05) is 0 Å². The SMILES string of the molecule is S=C=NCCC1C=CCCC1. The van der Waals surface area contributed by atoms with Crippen LogP contribution in [0.25, 0.3) is 0 Å². The van der Waals surface area contributed by atoms with Gasteiger partial charge in [0.15, 0.2) is 0 Å². The zero-order valence-electron chi connectivity index (χ0n) is 6.62. The topological polar surface area (TPSA) is 12.4 Å². The highest BCUT2D eigenvalue weighted by Gasteiger charge is 2.06. The van der Waals surface area contributed by atoms with Gasteiger partial charge in [0.05, 0.1) is 5.16 Å². The summed E-state index contributed by atoms with van der Waals surface area (Å²) >= 11 is 4.48. The molecule has 11 heavy (non-hydrogen) atoms. The third kappa shape index (κ3) is 3.45. The Kier molecular flexibility index (Phi) is 4.10. The van der Waals surface area contributed by atoms with Crippen LogP contribution in [-0.2, 0) is 0 Å². The molecule has 1 aliphatic rings. The highest BCUT2D eigenvalue weighted by atomic mass is 32.1. The van der Waals surface area contributed by atoms with Crippen LogP contribution >= 0.6 is 12.2 Å². The standard InChI is InChI=1S/C9H13NS/c11-8-10-7-6-9-4-2-1-3-5-9/h2,4,9H,1,3,5-7H2. The van der Waals surface area contributed by atoms with Gasteiger partial charge < -0.3 is 0 Å². The van der Waals surface area contributed by atoms with Crippen LogP contribution in [0.3, 0.4) is 0 Å². The van der Waals surface area contributed by atoms with Crippen molar-refractivity contribution in [2.75, 3.05) is 6.54 Å². The Morgan fingerprint density at radius 2 is 2.55 bits per heavy atom. The van der Waals surface area contributed by atoms with Crippen LogP contribution in [0.4, 0.5) is 0 Å². The number of aliphatic imine (C=N–C) groups is 1. The zero-order valence-corrected chi connectivity index (χ0v) is 7.44. The number of nitrogens with zero attached hydrogens (tertiary/aromatic N) is 1. The maximum atomic E-state index is 4.48. The van der Waals surface area contributed by atoms with Gasteiger partial charge in [0, 0.05) is 6.54 Å². The first kappa shape index (κ1) is 8.63. The Morgan fingerprint density at radius 3 is 3.18 bits per heavy atom. The van der Waals surface area contributed by atoms with Crippen molar-refractivity contribution in [3.63, 3.8) is 0 Å². The van der Waals surface area contributed by atoms with E-state index in [1.54, 1.807) is 0 Å². The molecule has 0 saturated heterocycles. The molecule has 1 rings (SSSR count). The fourth-order valence-corrected chi connectivity index (χ4v) is 1.49. The number of hydrogen-bond acceptors (Lipinski definition) is 2. The van der Waals surface area contributed by atoms with Gasteiger partial charge in [-0.1, -0.05) is 12.2 Å². The van der Waals surface area contributed by atoms with Crippen LogP contribution in [-0.4, -0.2) is 11.7 Å². The van der Waals surface area contributed by atoms with Gasteiger partial charge in [0.2, 0.25) is 0 Å². The lowest BCUT2D eigenvalue weighted by Gasteiger charge is -2.13. The van der Waals surface area contributed by atoms with E-state index in [1.165, 1.54) is 19.3 Å². The van der Waals surface area contributed by atoms with Crippen LogP contribution in [0, 0.1) is 5.92 Å². The van der Waals surface area contributed by atoms with E-state index < -0.39 is 0 Å². The lowest BCUT2D eigenvalue weighted by molar-refractivity contribution is 0.513. The van der Waals surface area contributed by atoms with Gasteiger partial charge in [0.1, 0.15) is 0 Å². The van der Waals surface area contributed by atoms with Crippen molar-refractivity contribution >= 4 is 17.4 Å². The van der Waals surface area contributed by atoms with E-state index in [2.05, 4.69) is 34.5 Å². The van der Waals surface area contributed by atoms with Gasteiger partial charge in [-0.3, -0.25) is 0 Å². The molecule has 1 nitrogen and oxygen atoms in total. The molecule has 0 fully saturated rings. The number of thiocarbonyl (C=S) groups is 1. The molecule has 60 valence electrons. The van der Waals surface area contributed by atoms with Crippen LogP contribution < -0.4 is 0 Å². The Balaban J connectivity index is 2.19. The minimum atomic E-state index is 0.746. The molecular formula is C9H13NS. The molecule has 0 heterocycles. The number of isothiocyanates is 1. The fourth-order valence-electron chi connectivity index (χ4n) is 1.40. The second-order valence-corrected chi connectivity index (χ2v) is 3.06. The fraction of sp³-hybridized carbons (Fsp3) is 0.667. The van der Waals surface area contributed by atoms with Crippen molar-refractivity contribution in [3.05, 3.63) is 12.2 Å². The largest absolute Gasteiger partial charge is 0.233 e. The lowest BCUT2D eigenvalue weighted by atomic mass is 9.93. The molecule has 0 saturated carbocycles. The van der Waals surface area contributed by atoms with Crippen molar-refractivity contribution in [2.24, 2.45) is 10.9 Å². The molecule has 0 amide bonds. The summed E-state index contributed by atoms with van der Waals surface area (Å²) in [6.07, 6.45) is 9.64. The summed E-state index contributed by atoms with van der Waals surface area (Å²) in [7, 11) is 0.